The number of rotatable bonds is 5. The Morgan fingerprint density at radius 3 is 1.86 bits per heavy atom. The highest BCUT2D eigenvalue weighted by atomic mass is 16.5. The highest BCUT2D eigenvalue weighted by molar-refractivity contribution is 5.96. The lowest BCUT2D eigenvalue weighted by Crippen LogP contribution is -2.53. The van der Waals surface area contributed by atoms with E-state index in [9.17, 15) is 14.4 Å². The molecule has 8 heteroatoms. The van der Waals surface area contributed by atoms with Crippen molar-refractivity contribution < 1.29 is 19.1 Å². The molecule has 0 saturated heterocycles. The monoisotopic (exact) mass is 480 g/mol. The van der Waals surface area contributed by atoms with Gasteiger partial charge in [-0.3, -0.25) is 19.6 Å². The van der Waals surface area contributed by atoms with Gasteiger partial charge in [-0.2, -0.15) is 0 Å². The van der Waals surface area contributed by atoms with Gasteiger partial charge >= 0.3 is 5.97 Å². The van der Waals surface area contributed by atoms with Gasteiger partial charge in [0.05, 0.1) is 7.11 Å². The summed E-state index contributed by atoms with van der Waals surface area (Å²) in [5, 5.41) is 5.88. The first-order valence-corrected chi connectivity index (χ1v) is 12.6. The minimum absolute atomic E-state index is 0.0313. The van der Waals surface area contributed by atoms with E-state index in [4.69, 9.17) is 4.74 Å². The third kappa shape index (κ3) is 7.87. The van der Waals surface area contributed by atoms with Crippen molar-refractivity contribution in [3.8, 4) is 0 Å². The second-order valence-electron chi connectivity index (χ2n) is 9.18. The van der Waals surface area contributed by atoms with E-state index >= 15 is 0 Å². The van der Waals surface area contributed by atoms with Crippen LogP contribution in [0.3, 0.4) is 0 Å². The van der Waals surface area contributed by atoms with E-state index in [1.54, 1.807) is 36.7 Å². The van der Waals surface area contributed by atoms with Crippen LogP contribution in [-0.2, 0) is 9.53 Å². The number of aromatic nitrogens is 2. The van der Waals surface area contributed by atoms with Crippen molar-refractivity contribution in [2.45, 2.75) is 82.2 Å². The van der Waals surface area contributed by atoms with Crippen LogP contribution < -0.4 is 10.6 Å². The number of carbonyl (C=O) groups excluding carboxylic acids is 3. The first kappa shape index (κ1) is 26.3. The van der Waals surface area contributed by atoms with Gasteiger partial charge in [0, 0.05) is 18.4 Å². The highest BCUT2D eigenvalue weighted by Crippen LogP contribution is 2.31. The molecule has 188 valence electrons. The Morgan fingerprint density at radius 1 is 0.800 bits per heavy atom. The number of methoxy groups -OCH3 is 1. The van der Waals surface area contributed by atoms with E-state index < -0.39 is 5.54 Å². The van der Waals surface area contributed by atoms with Gasteiger partial charge in [-0.05, 0) is 49.9 Å². The molecule has 35 heavy (non-hydrogen) atoms. The molecule has 0 radical (unpaired) electrons. The molecule has 0 atom stereocenters. The maximum Gasteiger partial charge on any atom is 0.331 e. The number of amides is 2. The van der Waals surface area contributed by atoms with E-state index in [1.807, 2.05) is 12.1 Å². The van der Waals surface area contributed by atoms with E-state index in [-0.39, 0.29) is 17.8 Å². The van der Waals surface area contributed by atoms with Crippen LogP contribution in [0.4, 0.5) is 0 Å². The summed E-state index contributed by atoms with van der Waals surface area (Å²) < 4.78 is 4.80. The van der Waals surface area contributed by atoms with Crippen LogP contribution in [0.15, 0.2) is 48.8 Å². The smallest absolute Gasteiger partial charge is 0.331 e. The van der Waals surface area contributed by atoms with E-state index in [0.29, 0.717) is 30.3 Å². The third-order valence-electron chi connectivity index (χ3n) is 6.62. The molecule has 8 nitrogen and oxygen atoms in total. The first-order chi connectivity index (χ1) is 17.0. The minimum atomic E-state index is -0.872. The lowest BCUT2D eigenvalue weighted by atomic mass is 9.96. The summed E-state index contributed by atoms with van der Waals surface area (Å²) in [6.45, 7) is 0. The number of pyridine rings is 2. The average molecular weight is 481 g/mol. The summed E-state index contributed by atoms with van der Waals surface area (Å²) in [7, 11) is 1.34. The Morgan fingerprint density at radius 2 is 1.34 bits per heavy atom. The van der Waals surface area contributed by atoms with Crippen molar-refractivity contribution in [3.05, 3.63) is 60.2 Å². The Kier molecular flexibility index (Phi) is 10.2. The Labute approximate surface area is 207 Å². The maximum absolute atomic E-state index is 12.0. The van der Waals surface area contributed by atoms with Gasteiger partial charge in [-0.1, -0.05) is 57.1 Å². The summed E-state index contributed by atoms with van der Waals surface area (Å²) in [5.74, 6) is -0.733. The first-order valence-electron chi connectivity index (χ1n) is 12.6. The van der Waals surface area contributed by atoms with Gasteiger partial charge in [0.1, 0.15) is 16.9 Å². The molecule has 4 rings (SSSR count). The lowest BCUT2D eigenvalue weighted by molar-refractivity contribution is -0.148. The molecule has 2 aliphatic carbocycles. The fourth-order valence-corrected chi connectivity index (χ4v) is 4.69. The van der Waals surface area contributed by atoms with Crippen LogP contribution in [0.5, 0.6) is 0 Å². The van der Waals surface area contributed by atoms with Crippen molar-refractivity contribution in [3.63, 3.8) is 0 Å². The van der Waals surface area contributed by atoms with Gasteiger partial charge in [0.15, 0.2) is 0 Å². The number of esters is 1. The second-order valence-corrected chi connectivity index (χ2v) is 9.18. The Bertz CT molecular complexity index is 938. The van der Waals surface area contributed by atoms with Crippen LogP contribution in [0.25, 0.3) is 0 Å². The summed E-state index contributed by atoms with van der Waals surface area (Å²) in [6, 6.07) is 10.9. The molecule has 2 saturated carbocycles. The molecule has 2 aromatic heterocycles. The topological polar surface area (TPSA) is 110 Å². The fourth-order valence-electron chi connectivity index (χ4n) is 4.69. The molecule has 0 aliphatic heterocycles. The molecule has 2 N–H and O–H groups in total. The normalized spacial score (nSPS) is 17.6. The molecule has 2 heterocycles. The molecule has 2 aromatic rings. The average Bonchev–Trinajstić information content (AvgIpc) is 3.36. The maximum atomic E-state index is 12.0. The van der Waals surface area contributed by atoms with Crippen molar-refractivity contribution in [2.75, 3.05) is 7.11 Å². The van der Waals surface area contributed by atoms with Crippen molar-refractivity contribution in [1.82, 2.24) is 20.6 Å². The van der Waals surface area contributed by atoms with Gasteiger partial charge in [-0.15, -0.1) is 0 Å². The summed E-state index contributed by atoms with van der Waals surface area (Å²) in [6.07, 6.45) is 14.9. The van der Waals surface area contributed by atoms with E-state index in [2.05, 4.69) is 20.6 Å². The predicted molar refractivity (Wildman–Crippen MR) is 133 cm³/mol. The Balaban J connectivity index is 0.000000196. The summed E-state index contributed by atoms with van der Waals surface area (Å²) in [5.41, 5.74) is -0.0363. The molecule has 2 aliphatic rings. The number of carbonyl (C=O) groups is 3. The quantitative estimate of drug-likeness (QED) is 0.620. The number of nitrogens with zero attached hydrogens (tertiary/aromatic N) is 2. The third-order valence-corrected chi connectivity index (χ3v) is 6.62. The van der Waals surface area contributed by atoms with Crippen molar-refractivity contribution >= 4 is 17.8 Å². The fraction of sp³-hybridized carbons (Fsp3) is 0.519. The number of ether oxygens (including phenoxy) is 1. The van der Waals surface area contributed by atoms with Gasteiger partial charge in [0.25, 0.3) is 11.8 Å². The van der Waals surface area contributed by atoms with Gasteiger partial charge in [-0.25, -0.2) is 4.79 Å². The van der Waals surface area contributed by atoms with Crippen LogP contribution in [0, 0.1) is 0 Å². The predicted octanol–water partition coefficient (Wildman–Crippen LogP) is 4.22. The van der Waals surface area contributed by atoms with E-state index in [1.165, 1.54) is 39.2 Å². The zero-order valence-corrected chi connectivity index (χ0v) is 20.5. The number of nitrogens with one attached hydrogen (secondary N) is 2. The molecule has 2 amide bonds. The van der Waals surface area contributed by atoms with Crippen LogP contribution in [0.1, 0.15) is 91.6 Å². The molecule has 0 bridgehead atoms. The zero-order valence-electron chi connectivity index (χ0n) is 20.5. The molecular formula is C27H36N4O4. The zero-order chi connectivity index (χ0) is 24.9. The van der Waals surface area contributed by atoms with Crippen LogP contribution in [0.2, 0.25) is 0 Å². The number of hydrogen-bond donors (Lipinski definition) is 2. The minimum Gasteiger partial charge on any atom is -0.467 e. The molecule has 0 aromatic carbocycles. The highest BCUT2D eigenvalue weighted by Gasteiger charge is 2.43. The summed E-state index contributed by atoms with van der Waals surface area (Å²) >= 11 is 0. The lowest BCUT2D eigenvalue weighted by Gasteiger charge is -2.26. The van der Waals surface area contributed by atoms with Crippen molar-refractivity contribution in [1.29, 1.82) is 0 Å². The van der Waals surface area contributed by atoms with Crippen molar-refractivity contribution in [2.24, 2.45) is 0 Å². The largest absolute Gasteiger partial charge is 0.467 e. The summed E-state index contributed by atoms with van der Waals surface area (Å²) in [4.78, 5) is 43.9. The number of hydrogen-bond acceptors (Lipinski definition) is 6. The molecular weight excluding hydrogens is 444 g/mol. The molecule has 0 unspecified atom stereocenters. The standard InChI is InChI=1S/C14H20N2O.C13H16N2O3/c17-14(13-10-6-7-11-15-13)16-12-8-4-2-1-3-5-9-12;1-18-12(17)13(7-3-4-8-13)15-11(16)10-6-2-5-9-14-10/h6-7,10-12H,1-5,8-9H2,(H,16,17);2,5-6,9H,3-4,7-8H2,1H3,(H,15,16). The second kappa shape index (κ2) is 13.6. The molecule has 0 spiro atoms. The molecule has 2 fully saturated rings. The van der Waals surface area contributed by atoms with Crippen LogP contribution in [-0.4, -0.2) is 46.4 Å². The van der Waals surface area contributed by atoms with Gasteiger partial charge < -0.3 is 15.4 Å². The van der Waals surface area contributed by atoms with E-state index in [0.717, 1.165) is 25.7 Å². The Hall–Kier alpha value is -3.29. The van der Waals surface area contributed by atoms with Gasteiger partial charge in [0.2, 0.25) is 0 Å². The van der Waals surface area contributed by atoms with Crippen LogP contribution >= 0.6 is 0 Å². The SMILES string of the molecule is COC(=O)C1(NC(=O)c2ccccn2)CCCC1.O=C(NC1CCCCCCC1)c1ccccn1.